The van der Waals surface area contributed by atoms with Gasteiger partial charge < -0.3 is 15.5 Å². The van der Waals surface area contributed by atoms with Gasteiger partial charge in [0.15, 0.2) is 5.82 Å². The molecular formula is C21H22ClN5O. The summed E-state index contributed by atoms with van der Waals surface area (Å²) in [6.45, 7) is 6.03. The van der Waals surface area contributed by atoms with E-state index in [4.69, 9.17) is 11.6 Å². The molecule has 6 bridgehead atoms. The Bertz CT molecular complexity index is 992. The minimum atomic E-state index is -0.0322. The van der Waals surface area contributed by atoms with Crippen LogP contribution in [0.4, 0.5) is 28.8 Å². The number of hydrogen-bond acceptors (Lipinski definition) is 5. The molecule has 6 nitrogen and oxygen atoms in total. The van der Waals surface area contributed by atoms with Crippen molar-refractivity contribution in [2.45, 2.75) is 27.3 Å². The second kappa shape index (κ2) is 8.71. The van der Waals surface area contributed by atoms with E-state index in [2.05, 4.69) is 20.6 Å². The van der Waals surface area contributed by atoms with E-state index in [0.29, 0.717) is 23.3 Å². The first kappa shape index (κ1) is 19.6. The van der Waals surface area contributed by atoms with Crippen LogP contribution in [0.3, 0.4) is 0 Å². The van der Waals surface area contributed by atoms with Crippen LogP contribution in [0.1, 0.15) is 26.3 Å². The van der Waals surface area contributed by atoms with Crippen molar-refractivity contribution in [1.29, 1.82) is 0 Å². The summed E-state index contributed by atoms with van der Waals surface area (Å²) in [5.41, 5.74) is 3.42. The molecule has 0 radical (unpaired) electrons. The van der Waals surface area contributed by atoms with Gasteiger partial charge in [0.05, 0.1) is 12.7 Å². The molecule has 3 aromatic rings. The Morgan fingerprint density at radius 1 is 1.07 bits per heavy atom. The van der Waals surface area contributed by atoms with Crippen LogP contribution in [0.25, 0.3) is 0 Å². The lowest BCUT2D eigenvalue weighted by molar-refractivity contribution is -0.116. The molecule has 144 valence electrons. The van der Waals surface area contributed by atoms with Gasteiger partial charge in [-0.15, -0.1) is 0 Å². The van der Waals surface area contributed by atoms with Crippen molar-refractivity contribution in [3.05, 3.63) is 65.3 Å². The van der Waals surface area contributed by atoms with E-state index >= 15 is 0 Å². The Labute approximate surface area is 169 Å². The lowest BCUT2D eigenvalue weighted by Gasteiger charge is -2.22. The highest BCUT2D eigenvalue weighted by Crippen LogP contribution is 2.28. The maximum absolute atomic E-state index is 12.2. The molecular weight excluding hydrogens is 374 g/mol. The number of anilines is 5. The zero-order valence-corrected chi connectivity index (χ0v) is 16.8. The van der Waals surface area contributed by atoms with E-state index in [0.717, 1.165) is 22.6 Å². The predicted octanol–water partition coefficient (Wildman–Crippen LogP) is 5.51. The van der Waals surface area contributed by atoms with Crippen molar-refractivity contribution < 1.29 is 4.79 Å². The average Bonchev–Trinajstić information content (AvgIpc) is 2.70. The molecule has 1 aliphatic rings. The molecule has 0 fully saturated rings. The second-order valence-corrected chi connectivity index (χ2v) is 6.40. The highest BCUT2D eigenvalue weighted by atomic mass is 35.5. The smallest absolute Gasteiger partial charge is 0.229 e. The van der Waals surface area contributed by atoms with E-state index in [1.165, 1.54) is 0 Å². The number of nitrogens with one attached hydrogen (secondary N) is 2. The van der Waals surface area contributed by atoms with Crippen LogP contribution >= 0.6 is 11.6 Å². The standard InChI is InChI=1S/C19H16ClN5O.C2H6/c1-12(26)25-11-13-4-2-5-14(8-13)22-18-17(20)10-21-19(24-18)23-15-6-3-7-16(25)9-15;1-2/h2-10H,11H2,1H3,(H2,21,22,23,24);1-2H3. The largest absolute Gasteiger partial charge is 0.339 e. The van der Waals surface area contributed by atoms with Crippen molar-refractivity contribution in [1.82, 2.24) is 9.97 Å². The van der Waals surface area contributed by atoms with Gasteiger partial charge in [0.25, 0.3) is 0 Å². The van der Waals surface area contributed by atoms with E-state index in [1.54, 1.807) is 18.0 Å². The Hall–Kier alpha value is -3.12. The van der Waals surface area contributed by atoms with Gasteiger partial charge in [0, 0.05) is 24.0 Å². The first-order valence-corrected chi connectivity index (χ1v) is 9.50. The first-order valence-electron chi connectivity index (χ1n) is 9.12. The van der Waals surface area contributed by atoms with Crippen molar-refractivity contribution >= 4 is 46.3 Å². The van der Waals surface area contributed by atoms with Crippen molar-refractivity contribution in [2.75, 3.05) is 15.5 Å². The lowest BCUT2D eigenvalue weighted by Crippen LogP contribution is -2.27. The Balaban J connectivity index is 0.00000109. The van der Waals surface area contributed by atoms with Crippen LogP contribution in [0, 0.1) is 0 Å². The van der Waals surface area contributed by atoms with E-state index in [1.807, 2.05) is 62.4 Å². The van der Waals surface area contributed by atoms with Crippen LogP contribution in [0.2, 0.25) is 5.02 Å². The minimum absolute atomic E-state index is 0.0322. The average molecular weight is 396 g/mol. The number of benzene rings is 2. The van der Waals surface area contributed by atoms with Crippen LogP contribution in [0.5, 0.6) is 0 Å². The fraction of sp³-hybridized carbons (Fsp3) is 0.190. The third-order valence-electron chi connectivity index (χ3n) is 4.07. The van der Waals surface area contributed by atoms with Gasteiger partial charge in [-0.2, -0.15) is 4.98 Å². The number of amides is 1. The van der Waals surface area contributed by atoms with E-state index in [9.17, 15) is 4.79 Å². The number of aromatic nitrogens is 2. The third kappa shape index (κ3) is 4.40. The second-order valence-electron chi connectivity index (χ2n) is 6.00. The molecule has 0 saturated carbocycles. The van der Waals surface area contributed by atoms with Gasteiger partial charge in [-0.05, 0) is 35.9 Å². The molecule has 2 N–H and O–H groups in total. The maximum atomic E-state index is 12.2. The van der Waals surface area contributed by atoms with Gasteiger partial charge in [-0.3, -0.25) is 4.79 Å². The minimum Gasteiger partial charge on any atom is -0.339 e. The lowest BCUT2D eigenvalue weighted by atomic mass is 10.1. The van der Waals surface area contributed by atoms with Crippen molar-refractivity contribution in [2.24, 2.45) is 0 Å². The maximum Gasteiger partial charge on any atom is 0.229 e. The number of hydrogen-bond donors (Lipinski definition) is 2. The van der Waals surface area contributed by atoms with Crippen LogP contribution in [-0.2, 0) is 11.3 Å². The summed E-state index contributed by atoms with van der Waals surface area (Å²) in [4.78, 5) is 22.6. The van der Waals surface area contributed by atoms with E-state index in [-0.39, 0.29) is 5.91 Å². The topological polar surface area (TPSA) is 70.2 Å². The fourth-order valence-electron chi connectivity index (χ4n) is 2.85. The van der Waals surface area contributed by atoms with Gasteiger partial charge in [0.2, 0.25) is 11.9 Å². The number of carbonyl (C=O) groups is 1. The van der Waals surface area contributed by atoms with Gasteiger partial charge >= 0.3 is 0 Å². The Morgan fingerprint density at radius 3 is 2.54 bits per heavy atom. The number of fused-ring (bicyclic) bond motifs is 6. The highest BCUT2D eigenvalue weighted by Gasteiger charge is 2.15. The first-order chi connectivity index (χ1) is 13.6. The molecule has 1 aromatic heterocycles. The third-order valence-corrected chi connectivity index (χ3v) is 4.35. The van der Waals surface area contributed by atoms with Crippen LogP contribution in [0.15, 0.2) is 54.7 Å². The molecule has 0 unspecified atom stereocenters. The molecule has 0 atom stereocenters. The Morgan fingerprint density at radius 2 is 1.79 bits per heavy atom. The number of halogens is 1. The van der Waals surface area contributed by atoms with Crippen molar-refractivity contribution in [3.63, 3.8) is 0 Å². The summed E-state index contributed by atoms with van der Waals surface area (Å²) < 4.78 is 0. The summed E-state index contributed by atoms with van der Waals surface area (Å²) in [6, 6.07) is 15.4. The van der Waals surface area contributed by atoms with Gasteiger partial charge in [-0.1, -0.05) is 43.6 Å². The molecule has 1 aliphatic heterocycles. The Kier molecular flexibility index (Phi) is 6.11. The SMILES string of the molecule is CC.CC(=O)N1Cc2cccc(c2)Nc2nc(ncc2Cl)Nc2cccc1c2. The van der Waals surface area contributed by atoms with E-state index < -0.39 is 0 Å². The molecule has 4 rings (SSSR count). The molecule has 2 aromatic carbocycles. The molecule has 7 heteroatoms. The zero-order valence-electron chi connectivity index (χ0n) is 16.0. The summed E-state index contributed by atoms with van der Waals surface area (Å²) in [7, 11) is 0. The number of rotatable bonds is 0. The molecule has 0 aliphatic carbocycles. The summed E-state index contributed by atoms with van der Waals surface area (Å²) in [5, 5.41) is 6.80. The molecule has 2 heterocycles. The zero-order chi connectivity index (χ0) is 20.1. The monoisotopic (exact) mass is 395 g/mol. The van der Waals surface area contributed by atoms with Gasteiger partial charge in [0.1, 0.15) is 5.02 Å². The number of carbonyl (C=O) groups excluding carboxylic acids is 1. The van der Waals surface area contributed by atoms with Crippen LogP contribution in [-0.4, -0.2) is 15.9 Å². The number of nitrogens with zero attached hydrogens (tertiary/aromatic N) is 3. The molecule has 0 saturated heterocycles. The van der Waals surface area contributed by atoms with Gasteiger partial charge in [-0.25, -0.2) is 4.98 Å². The van der Waals surface area contributed by atoms with Crippen molar-refractivity contribution in [3.8, 4) is 0 Å². The summed E-state index contributed by atoms with van der Waals surface area (Å²) in [5.74, 6) is 0.897. The molecule has 0 spiro atoms. The highest BCUT2D eigenvalue weighted by molar-refractivity contribution is 6.32. The molecule has 1 amide bonds. The molecule has 28 heavy (non-hydrogen) atoms. The summed E-state index contributed by atoms with van der Waals surface area (Å²) >= 11 is 6.23. The quantitative estimate of drug-likeness (QED) is 0.525. The normalized spacial score (nSPS) is 12.1. The fourth-order valence-corrected chi connectivity index (χ4v) is 2.99. The predicted molar refractivity (Wildman–Crippen MR) is 115 cm³/mol. The summed E-state index contributed by atoms with van der Waals surface area (Å²) in [6.07, 6.45) is 1.55. The van der Waals surface area contributed by atoms with Crippen LogP contribution < -0.4 is 15.5 Å².